The van der Waals surface area contributed by atoms with Crippen LogP contribution in [-0.4, -0.2) is 58.2 Å². The summed E-state index contributed by atoms with van der Waals surface area (Å²) >= 11 is 6.00. The number of rotatable bonds is 8. The molecule has 0 spiro atoms. The number of amides is 1. The lowest BCUT2D eigenvalue weighted by Gasteiger charge is -2.26. The van der Waals surface area contributed by atoms with Crippen LogP contribution in [-0.2, 0) is 14.8 Å². The maximum atomic E-state index is 12.3. The molecule has 1 aromatic rings. The molecule has 0 aromatic heterocycles. The number of nitrogens with zero attached hydrogens (tertiary/aromatic N) is 2. The third-order valence-corrected chi connectivity index (χ3v) is 5.91. The molecule has 1 aliphatic heterocycles. The Balaban J connectivity index is 1.89. The maximum absolute atomic E-state index is 12.3. The normalized spacial score (nSPS) is 15.7. The largest absolute Gasteiger partial charge is 0.354 e. The van der Waals surface area contributed by atoms with Crippen LogP contribution in [0.1, 0.15) is 31.2 Å². The van der Waals surface area contributed by atoms with Gasteiger partial charge in [0.05, 0.1) is 11.9 Å². The molecular weight excluding hydrogens is 374 g/mol. The van der Waals surface area contributed by atoms with Gasteiger partial charge in [0.15, 0.2) is 0 Å². The molecule has 1 fully saturated rings. The van der Waals surface area contributed by atoms with Crippen LogP contribution in [0, 0.1) is 6.92 Å². The molecule has 1 N–H and O–H groups in total. The number of sulfonamides is 1. The Labute approximate surface area is 161 Å². The summed E-state index contributed by atoms with van der Waals surface area (Å²) in [7, 11) is -3.59. The van der Waals surface area contributed by atoms with Crippen LogP contribution in [0.15, 0.2) is 18.2 Å². The van der Waals surface area contributed by atoms with Crippen LogP contribution in [0.2, 0.25) is 5.02 Å². The number of aryl methyl sites for hydroxylation is 1. The maximum Gasteiger partial charge on any atom is 0.240 e. The number of piperidine rings is 1. The van der Waals surface area contributed by atoms with Crippen LogP contribution in [0.5, 0.6) is 0 Å². The van der Waals surface area contributed by atoms with Crippen molar-refractivity contribution < 1.29 is 13.2 Å². The number of benzene rings is 1. The summed E-state index contributed by atoms with van der Waals surface area (Å²) in [4.78, 5) is 14.7. The van der Waals surface area contributed by atoms with Crippen molar-refractivity contribution in [1.29, 1.82) is 0 Å². The highest BCUT2D eigenvalue weighted by Gasteiger charge is 2.22. The number of carbonyl (C=O) groups is 1. The second-order valence-electron chi connectivity index (χ2n) is 6.81. The highest BCUT2D eigenvalue weighted by atomic mass is 35.5. The first kappa shape index (κ1) is 21.0. The molecule has 146 valence electrons. The smallest absolute Gasteiger partial charge is 0.240 e. The van der Waals surface area contributed by atoms with E-state index in [0.717, 1.165) is 42.2 Å². The molecule has 0 atom stereocenters. The standard InChI is InChI=1S/C18H28ClN3O3S/c1-15-7-8-16(19)13-17(15)22(26(2,24)25)14-18(23)20-9-6-12-21-10-4-3-5-11-21/h7-8,13H,3-6,9-12,14H2,1-2H3,(H,20,23). The van der Waals surface area contributed by atoms with Crippen LogP contribution < -0.4 is 9.62 Å². The second kappa shape index (κ2) is 9.58. The van der Waals surface area contributed by atoms with E-state index in [1.807, 2.05) is 0 Å². The summed E-state index contributed by atoms with van der Waals surface area (Å²) in [6.45, 7) is 5.31. The molecule has 0 unspecified atom stereocenters. The first-order chi connectivity index (χ1) is 12.3. The summed E-state index contributed by atoms with van der Waals surface area (Å²) in [5, 5.41) is 3.26. The molecule has 1 aromatic carbocycles. The average Bonchev–Trinajstić information content (AvgIpc) is 2.59. The van der Waals surface area contributed by atoms with Gasteiger partial charge in [0, 0.05) is 11.6 Å². The van der Waals surface area contributed by atoms with Crippen LogP contribution in [0.3, 0.4) is 0 Å². The summed E-state index contributed by atoms with van der Waals surface area (Å²) < 4.78 is 25.4. The Bertz CT molecular complexity index is 718. The lowest BCUT2D eigenvalue weighted by molar-refractivity contribution is -0.119. The average molecular weight is 402 g/mol. The summed E-state index contributed by atoms with van der Waals surface area (Å²) in [6.07, 6.45) is 5.75. The van der Waals surface area contributed by atoms with Crippen molar-refractivity contribution in [1.82, 2.24) is 10.2 Å². The van der Waals surface area contributed by atoms with Gasteiger partial charge in [-0.15, -0.1) is 0 Å². The Morgan fingerprint density at radius 1 is 1.27 bits per heavy atom. The third-order valence-electron chi connectivity index (χ3n) is 4.55. The number of hydrogen-bond acceptors (Lipinski definition) is 4. The fraction of sp³-hybridized carbons (Fsp3) is 0.611. The topological polar surface area (TPSA) is 69.7 Å². The second-order valence-corrected chi connectivity index (χ2v) is 9.15. The summed E-state index contributed by atoms with van der Waals surface area (Å²) in [5.74, 6) is -0.312. The minimum absolute atomic E-state index is 0.246. The van der Waals surface area contributed by atoms with E-state index in [2.05, 4.69) is 10.2 Å². The Morgan fingerprint density at radius 2 is 1.96 bits per heavy atom. The van der Waals surface area contributed by atoms with E-state index in [-0.39, 0.29) is 12.5 Å². The molecule has 6 nitrogen and oxygen atoms in total. The molecule has 1 amide bonds. The van der Waals surface area contributed by atoms with E-state index in [0.29, 0.717) is 17.3 Å². The predicted molar refractivity (Wildman–Crippen MR) is 106 cm³/mol. The molecule has 0 aliphatic carbocycles. The number of hydrogen-bond donors (Lipinski definition) is 1. The van der Waals surface area contributed by atoms with Crippen molar-refractivity contribution in [3.63, 3.8) is 0 Å². The number of anilines is 1. The van der Waals surface area contributed by atoms with E-state index in [1.54, 1.807) is 25.1 Å². The molecule has 0 saturated carbocycles. The van der Waals surface area contributed by atoms with Crippen molar-refractivity contribution in [2.24, 2.45) is 0 Å². The number of nitrogens with one attached hydrogen (secondary N) is 1. The van der Waals surface area contributed by atoms with Crippen LogP contribution in [0.25, 0.3) is 0 Å². The van der Waals surface area contributed by atoms with Crippen molar-refractivity contribution in [3.05, 3.63) is 28.8 Å². The third kappa shape index (κ3) is 6.45. The van der Waals surface area contributed by atoms with E-state index < -0.39 is 10.0 Å². The first-order valence-corrected chi connectivity index (χ1v) is 11.2. The molecule has 2 rings (SSSR count). The van der Waals surface area contributed by atoms with Gasteiger partial charge in [0.1, 0.15) is 6.54 Å². The molecule has 1 saturated heterocycles. The molecule has 1 heterocycles. The monoisotopic (exact) mass is 401 g/mol. The van der Waals surface area contributed by atoms with Gasteiger partial charge in [0.25, 0.3) is 0 Å². The fourth-order valence-corrected chi connectivity index (χ4v) is 4.20. The quantitative estimate of drug-likeness (QED) is 0.679. The van der Waals surface area contributed by atoms with E-state index in [9.17, 15) is 13.2 Å². The van der Waals surface area contributed by atoms with Gasteiger partial charge in [-0.3, -0.25) is 9.10 Å². The molecule has 8 heteroatoms. The highest BCUT2D eigenvalue weighted by Crippen LogP contribution is 2.26. The summed E-state index contributed by atoms with van der Waals surface area (Å²) in [5.41, 5.74) is 1.18. The minimum Gasteiger partial charge on any atom is -0.354 e. The van der Waals surface area contributed by atoms with E-state index in [1.165, 1.54) is 19.3 Å². The van der Waals surface area contributed by atoms with Gasteiger partial charge in [-0.05, 0) is 63.5 Å². The first-order valence-electron chi connectivity index (χ1n) is 9.00. The van der Waals surface area contributed by atoms with Gasteiger partial charge in [-0.2, -0.15) is 0 Å². The number of halogens is 1. The molecule has 1 aliphatic rings. The fourth-order valence-electron chi connectivity index (χ4n) is 3.13. The molecule has 26 heavy (non-hydrogen) atoms. The zero-order chi connectivity index (χ0) is 19.2. The lowest BCUT2D eigenvalue weighted by atomic mass is 10.1. The van der Waals surface area contributed by atoms with Crippen molar-refractivity contribution in [2.75, 3.05) is 43.3 Å². The number of likely N-dealkylation sites (tertiary alicyclic amines) is 1. The van der Waals surface area contributed by atoms with Gasteiger partial charge >= 0.3 is 0 Å². The zero-order valence-corrected chi connectivity index (χ0v) is 17.1. The Kier molecular flexibility index (Phi) is 7.73. The Morgan fingerprint density at radius 3 is 2.62 bits per heavy atom. The molecule has 0 bridgehead atoms. The van der Waals surface area contributed by atoms with Crippen LogP contribution in [0.4, 0.5) is 5.69 Å². The van der Waals surface area contributed by atoms with Crippen molar-refractivity contribution in [2.45, 2.75) is 32.6 Å². The van der Waals surface area contributed by atoms with Gasteiger partial charge < -0.3 is 10.2 Å². The van der Waals surface area contributed by atoms with Gasteiger partial charge in [0.2, 0.25) is 15.9 Å². The SMILES string of the molecule is Cc1ccc(Cl)cc1N(CC(=O)NCCCN1CCCCC1)S(C)(=O)=O. The van der Waals surface area contributed by atoms with Gasteiger partial charge in [-0.1, -0.05) is 24.1 Å². The van der Waals surface area contributed by atoms with Crippen molar-refractivity contribution in [3.8, 4) is 0 Å². The predicted octanol–water partition coefficient (Wildman–Crippen LogP) is 2.41. The van der Waals surface area contributed by atoms with Crippen LogP contribution >= 0.6 is 11.6 Å². The Hall–Kier alpha value is -1.31. The van der Waals surface area contributed by atoms with E-state index in [4.69, 9.17) is 11.6 Å². The zero-order valence-electron chi connectivity index (χ0n) is 15.5. The lowest BCUT2D eigenvalue weighted by Crippen LogP contribution is -2.41. The van der Waals surface area contributed by atoms with E-state index >= 15 is 0 Å². The van der Waals surface area contributed by atoms with Crippen molar-refractivity contribution >= 4 is 33.2 Å². The number of carbonyl (C=O) groups excluding carboxylic acids is 1. The molecular formula is C18H28ClN3O3S. The molecule has 0 radical (unpaired) electrons. The minimum atomic E-state index is -3.59. The summed E-state index contributed by atoms with van der Waals surface area (Å²) in [6, 6.07) is 5.01. The highest BCUT2D eigenvalue weighted by molar-refractivity contribution is 7.92. The van der Waals surface area contributed by atoms with Gasteiger partial charge in [-0.25, -0.2) is 8.42 Å².